The molecule has 1 aromatic rings. The molecule has 0 bridgehead atoms. The average Bonchev–Trinajstić information content (AvgIpc) is 2.77. The third-order valence-electron chi connectivity index (χ3n) is 2.53. The number of nitrogens with two attached hydrogens (primary N) is 1. The molecule has 2 rings (SSSR count). The molecule has 1 unspecified atom stereocenters. The molecule has 0 aliphatic carbocycles. The second-order valence-corrected chi connectivity index (χ2v) is 4.27. The van der Waals surface area contributed by atoms with Gasteiger partial charge in [-0.3, -0.25) is 11.2 Å². The van der Waals surface area contributed by atoms with Crippen LogP contribution in [0.3, 0.4) is 0 Å². The zero-order valence-electron chi connectivity index (χ0n) is 9.36. The van der Waals surface area contributed by atoms with Gasteiger partial charge in [-0.25, -0.2) is 5.43 Å². The highest BCUT2D eigenvalue weighted by Gasteiger charge is 2.22. The highest BCUT2D eigenvalue weighted by atomic mass is 35.5. The number of hydrogen-bond acceptors (Lipinski definition) is 5. The van der Waals surface area contributed by atoms with Gasteiger partial charge in [-0.1, -0.05) is 17.7 Å². The van der Waals surface area contributed by atoms with E-state index in [9.17, 15) is 0 Å². The maximum absolute atomic E-state index is 5.85. The van der Waals surface area contributed by atoms with Gasteiger partial charge < -0.3 is 9.47 Å². The summed E-state index contributed by atoms with van der Waals surface area (Å²) in [6.07, 6.45) is 0.594. The van der Waals surface area contributed by atoms with Gasteiger partial charge in [0.05, 0.1) is 13.2 Å². The minimum absolute atomic E-state index is 0.258. The van der Waals surface area contributed by atoms with Crippen molar-refractivity contribution in [3.05, 3.63) is 29.3 Å². The van der Waals surface area contributed by atoms with Crippen molar-refractivity contribution in [2.75, 3.05) is 13.2 Å². The standard InChI is InChI=1S/C11H16ClN3O2/c12-8-2-1-3-10(6-8)16-5-4-9-7-17-11(14-9)15-13/h1-3,6,9,11,14-15H,4-5,7,13H2/t9-,11?/m0/s1. The number of ether oxygens (including phenoxy) is 2. The smallest absolute Gasteiger partial charge is 0.176 e. The molecule has 0 radical (unpaired) electrons. The first-order valence-corrected chi connectivity index (χ1v) is 5.88. The predicted octanol–water partition coefficient (Wildman–Crippen LogP) is 0.844. The Hall–Kier alpha value is -0.850. The number of benzene rings is 1. The van der Waals surface area contributed by atoms with Gasteiger partial charge in [-0.15, -0.1) is 0 Å². The fourth-order valence-electron chi connectivity index (χ4n) is 1.66. The molecule has 1 aromatic carbocycles. The second kappa shape index (κ2) is 6.18. The molecule has 2 atom stereocenters. The molecule has 1 fully saturated rings. The van der Waals surface area contributed by atoms with Gasteiger partial charge in [-0.05, 0) is 24.6 Å². The topological polar surface area (TPSA) is 68.5 Å². The minimum atomic E-state index is -0.258. The number of rotatable bonds is 5. The molecule has 4 N–H and O–H groups in total. The Labute approximate surface area is 105 Å². The van der Waals surface area contributed by atoms with Crippen LogP contribution in [0.15, 0.2) is 24.3 Å². The molecule has 5 nitrogen and oxygen atoms in total. The van der Waals surface area contributed by atoms with E-state index in [1.165, 1.54) is 0 Å². The monoisotopic (exact) mass is 257 g/mol. The van der Waals surface area contributed by atoms with Crippen LogP contribution in [0.5, 0.6) is 5.75 Å². The van der Waals surface area contributed by atoms with E-state index in [-0.39, 0.29) is 12.4 Å². The molecular weight excluding hydrogens is 242 g/mol. The normalized spacial score (nSPS) is 23.9. The van der Waals surface area contributed by atoms with Crippen LogP contribution < -0.4 is 21.3 Å². The first-order chi connectivity index (χ1) is 8.28. The lowest BCUT2D eigenvalue weighted by Gasteiger charge is -2.11. The van der Waals surface area contributed by atoms with Crippen LogP contribution in [0, 0.1) is 0 Å². The van der Waals surface area contributed by atoms with E-state index < -0.39 is 0 Å². The summed E-state index contributed by atoms with van der Waals surface area (Å²) in [5.41, 5.74) is 2.52. The van der Waals surface area contributed by atoms with Gasteiger partial charge in [0.25, 0.3) is 0 Å². The lowest BCUT2D eigenvalue weighted by Crippen LogP contribution is -2.45. The van der Waals surface area contributed by atoms with Gasteiger partial charge in [0, 0.05) is 11.1 Å². The van der Waals surface area contributed by atoms with E-state index in [0.29, 0.717) is 18.2 Å². The molecule has 0 saturated carbocycles. The Bertz CT molecular complexity index is 364. The molecule has 1 aliphatic rings. The Morgan fingerprint density at radius 2 is 2.47 bits per heavy atom. The SMILES string of the molecule is NNC1N[C@@H](CCOc2cccc(Cl)c2)CO1. The molecule has 1 aliphatic heterocycles. The Morgan fingerprint density at radius 3 is 3.18 bits per heavy atom. The maximum Gasteiger partial charge on any atom is 0.176 e. The van der Waals surface area contributed by atoms with Crippen molar-refractivity contribution in [2.24, 2.45) is 5.84 Å². The summed E-state index contributed by atoms with van der Waals surface area (Å²) in [6, 6.07) is 7.62. The van der Waals surface area contributed by atoms with Crippen LogP contribution in [0.2, 0.25) is 5.02 Å². The molecule has 17 heavy (non-hydrogen) atoms. The van der Waals surface area contributed by atoms with Crippen molar-refractivity contribution in [2.45, 2.75) is 18.8 Å². The van der Waals surface area contributed by atoms with Crippen LogP contribution in [0.4, 0.5) is 0 Å². The summed E-state index contributed by atoms with van der Waals surface area (Å²) in [5, 5.41) is 3.85. The van der Waals surface area contributed by atoms with Crippen LogP contribution in [0.1, 0.15) is 6.42 Å². The van der Waals surface area contributed by atoms with E-state index in [2.05, 4.69) is 10.7 Å². The summed E-state index contributed by atoms with van der Waals surface area (Å²) in [5.74, 6) is 6.03. The lowest BCUT2D eigenvalue weighted by molar-refractivity contribution is 0.0730. The van der Waals surface area contributed by atoms with Crippen molar-refractivity contribution in [1.82, 2.24) is 10.7 Å². The van der Waals surface area contributed by atoms with Crippen LogP contribution >= 0.6 is 11.6 Å². The quantitative estimate of drug-likeness (QED) is 0.539. The number of nitrogens with one attached hydrogen (secondary N) is 2. The van der Waals surface area contributed by atoms with Crippen LogP contribution in [-0.2, 0) is 4.74 Å². The Balaban J connectivity index is 1.70. The molecular formula is C11H16ClN3O2. The zero-order chi connectivity index (χ0) is 12.1. The summed E-state index contributed by atoms with van der Waals surface area (Å²) in [4.78, 5) is 0. The first kappa shape index (κ1) is 12.6. The third-order valence-corrected chi connectivity index (χ3v) is 2.77. The molecule has 6 heteroatoms. The van der Waals surface area contributed by atoms with Crippen molar-refractivity contribution in [3.8, 4) is 5.75 Å². The lowest BCUT2D eigenvalue weighted by atomic mass is 10.2. The van der Waals surface area contributed by atoms with Gasteiger partial charge in [0.1, 0.15) is 5.75 Å². The van der Waals surface area contributed by atoms with E-state index >= 15 is 0 Å². The summed E-state index contributed by atoms with van der Waals surface area (Å²) in [7, 11) is 0. The summed E-state index contributed by atoms with van der Waals surface area (Å²) >= 11 is 5.85. The zero-order valence-corrected chi connectivity index (χ0v) is 10.1. The van der Waals surface area contributed by atoms with Crippen molar-refractivity contribution in [3.63, 3.8) is 0 Å². The molecule has 1 saturated heterocycles. The highest BCUT2D eigenvalue weighted by molar-refractivity contribution is 6.30. The van der Waals surface area contributed by atoms with E-state index in [4.69, 9.17) is 26.9 Å². The molecule has 0 amide bonds. The Morgan fingerprint density at radius 1 is 1.59 bits per heavy atom. The van der Waals surface area contributed by atoms with Gasteiger partial charge in [-0.2, -0.15) is 0 Å². The van der Waals surface area contributed by atoms with Crippen LogP contribution in [0.25, 0.3) is 0 Å². The largest absolute Gasteiger partial charge is 0.493 e. The van der Waals surface area contributed by atoms with Gasteiger partial charge in [0.15, 0.2) is 6.35 Å². The molecule has 0 aromatic heterocycles. The van der Waals surface area contributed by atoms with E-state index in [0.717, 1.165) is 12.2 Å². The van der Waals surface area contributed by atoms with Gasteiger partial charge >= 0.3 is 0 Å². The fraction of sp³-hybridized carbons (Fsp3) is 0.455. The summed E-state index contributed by atoms with van der Waals surface area (Å²) < 4.78 is 10.9. The first-order valence-electron chi connectivity index (χ1n) is 5.50. The van der Waals surface area contributed by atoms with Gasteiger partial charge in [0.2, 0.25) is 0 Å². The van der Waals surface area contributed by atoms with E-state index in [1.807, 2.05) is 18.2 Å². The minimum Gasteiger partial charge on any atom is -0.493 e. The number of hydrazine groups is 1. The average molecular weight is 258 g/mol. The number of halogens is 1. The van der Waals surface area contributed by atoms with E-state index in [1.54, 1.807) is 6.07 Å². The Kier molecular flexibility index (Phi) is 4.58. The van der Waals surface area contributed by atoms with Crippen molar-refractivity contribution < 1.29 is 9.47 Å². The molecule has 94 valence electrons. The third kappa shape index (κ3) is 3.83. The van der Waals surface area contributed by atoms with Crippen molar-refractivity contribution >= 4 is 11.6 Å². The highest BCUT2D eigenvalue weighted by Crippen LogP contribution is 2.17. The fourth-order valence-corrected chi connectivity index (χ4v) is 1.84. The van der Waals surface area contributed by atoms with Crippen molar-refractivity contribution in [1.29, 1.82) is 0 Å². The molecule has 0 spiro atoms. The molecule has 1 heterocycles. The second-order valence-electron chi connectivity index (χ2n) is 3.84. The summed E-state index contributed by atoms with van der Waals surface area (Å²) in [6.45, 7) is 1.24. The number of hydrogen-bond donors (Lipinski definition) is 3. The van der Waals surface area contributed by atoms with Crippen LogP contribution in [-0.4, -0.2) is 25.6 Å². The predicted molar refractivity (Wildman–Crippen MR) is 65.6 cm³/mol. The maximum atomic E-state index is 5.85.